The average Bonchev–Trinajstić information content (AvgIpc) is 2.74. The Hall–Kier alpha value is -1.51. The number of anilines is 1. The molecule has 1 N–H and O–H groups in total. The molecule has 1 aromatic rings. The zero-order valence-corrected chi connectivity index (χ0v) is 10.4. The van der Waals surface area contributed by atoms with E-state index in [2.05, 4.69) is 12.2 Å². The number of carbonyl (C=O) groups excluding carboxylic acids is 1. The van der Waals surface area contributed by atoms with E-state index in [1.54, 1.807) is 6.07 Å². The van der Waals surface area contributed by atoms with Gasteiger partial charge < -0.3 is 10.1 Å². The summed E-state index contributed by atoms with van der Waals surface area (Å²) in [7, 11) is 1.40. The molecule has 0 amide bonds. The van der Waals surface area contributed by atoms with Gasteiger partial charge in [0.25, 0.3) is 0 Å². The van der Waals surface area contributed by atoms with Gasteiger partial charge in [-0.25, -0.2) is 4.79 Å². The van der Waals surface area contributed by atoms with Crippen LogP contribution in [0, 0.1) is 5.92 Å². The molecule has 0 radical (unpaired) electrons. The summed E-state index contributed by atoms with van der Waals surface area (Å²) < 4.78 is 4.72. The van der Waals surface area contributed by atoms with E-state index in [9.17, 15) is 4.79 Å². The van der Waals surface area contributed by atoms with Crippen molar-refractivity contribution in [2.75, 3.05) is 12.4 Å². The maximum absolute atomic E-state index is 11.4. The van der Waals surface area contributed by atoms with Crippen molar-refractivity contribution in [2.45, 2.75) is 32.2 Å². The summed E-state index contributed by atoms with van der Waals surface area (Å²) in [5.74, 6) is 0.421. The van der Waals surface area contributed by atoms with Gasteiger partial charge in [0.1, 0.15) is 0 Å². The van der Waals surface area contributed by atoms with Crippen LogP contribution in [0.15, 0.2) is 24.3 Å². The number of rotatable bonds is 3. The predicted octanol–water partition coefficient (Wildman–Crippen LogP) is 3.07. The fourth-order valence-corrected chi connectivity index (χ4v) is 2.43. The van der Waals surface area contributed by atoms with Crippen LogP contribution in [0.1, 0.15) is 36.5 Å². The van der Waals surface area contributed by atoms with Gasteiger partial charge in [-0.1, -0.05) is 19.4 Å². The van der Waals surface area contributed by atoms with Crippen LogP contribution >= 0.6 is 0 Å². The molecule has 1 aliphatic carbocycles. The summed E-state index contributed by atoms with van der Waals surface area (Å²) in [5.41, 5.74) is 1.61. The fourth-order valence-electron chi connectivity index (χ4n) is 2.43. The van der Waals surface area contributed by atoms with Crippen molar-refractivity contribution in [1.29, 1.82) is 0 Å². The molecule has 2 atom stereocenters. The molecule has 1 fully saturated rings. The highest BCUT2D eigenvalue weighted by atomic mass is 16.5. The third-order valence-corrected chi connectivity index (χ3v) is 3.50. The van der Waals surface area contributed by atoms with Crippen molar-refractivity contribution < 1.29 is 9.53 Å². The Morgan fingerprint density at radius 1 is 1.41 bits per heavy atom. The van der Waals surface area contributed by atoms with Gasteiger partial charge in [0.2, 0.25) is 0 Å². The van der Waals surface area contributed by atoms with Crippen LogP contribution in [0.5, 0.6) is 0 Å². The van der Waals surface area contributed by atoms with E-state index in [-0.39, 0.29) is 5.97 Å². The van der Waals surface area contributed by atoms with E-state index < -0.39 is 0 Å². The normalized spacial score (nSPS) is 23.4. The Kier molecular flexibility index (Phi) is 3.67. The maximum atomic E-state index is 11.4. The molecule has 3 heteroatoms. The summed E-state index contributed by atoms with van der Waals surface area (Å²) in [6.07, 6.45) is 3.79. The first kappa shape index (κ1) is 12.0. The van der Waals surface area contributed by atoms with Gasteiger partial charge in [0.05, 0.1) is 12.7 Å². The lowest BCUT2D eigenvalue weighted by atomic mass is 10.1. The van der Waals surface area contributed by atoms with E-state index in [4.69, 9.17) is 4.74 Å². The fraction of sp³-hybridized carbons (Fsp3) is 0.500. The molecule has 92 valence electrons. The zero-order valence-electron chi connectivity index (χ0n) is 10.4. The van der Waals surface area contributed by atoms with Gasteiger partial charge in [-0.3, -0.25) is 0 Å². The number of carbonyl (C=O) groups is 1. The van der Waals surface area contributed by atoms with Crippen molar-refractivity contribution in [2.24, 2.45) is 5.92 Å². The van der Waals surface area contributed by atoms with E-state index in [1.807, 2.05) is 18.2 Å². The van der Waals surface area contributed by atoms with Crippen LogP contribution < -0.4 is 5.32 Å². The first-order chi connectivity index (χ1) is 8.20. The molecule has 1 saturated carbocycles. The summed E-state index contributed by atoms with van der Waals surface area (Å²) in [6.45, 7) is 2.27. The SMILES string of the molecule is COC(=O)c1cccc(NC2CCCC2C)c1. The number of hydrogen-bond donors (Lipinski definition) is 1. The lowest BCUT2D eigenvalue weighted by Crippen LogP contribution is -2.21. The average molecular weight is 233 g/mol. The minimum atomic E-state index is -0.284. The van der Waals surface area contributed by atoms with Crippen LogP contribution in [-0.2, 0) is 4.74 Å². The molecule has 0 aromatic heterocycles. The second-order valence-electron chi connectivity index (χ2n) is 4.73. The largest absolute Gasteiger partial charge is 0.465 e. The topological polar surface area (TPSA) is 38.3 Å². The molecule has 2 rings (SSSR count). The monoisotopic (exact) mass is 233 g/mol. The Morgan fingerprint density at radius 3 is 2.88 bits per heavy atom. The minimum absolute atomic E-state index is 0.284. The first-order valence-electron chi connectivity index (χ1n) is 6.15. The molecule has 0 heterocycles. The summed E-state index contributed by atoms with van der Waals surface area (Å²) in [5, 5.41) is 3.50. The molecule has 3 nitrogen and oxygen atoms in total. The van der Waals surface area contributed by atoms with Crippen molar-refractivity contribution >= 4 is 11.7 Å². The lowest BCUT2D eigenvalue weighted by molar-refractivity contribution is 0.0601. The van der Waals surface area contributed by atoms with E-state index in [0.717, 1.165) is 5.69 Å². The molecule has 1 aliphatic rings. The Bertz CT molecular complexity index is 403. The third kappa shape index (κ3) is 2.78. The number of nitrogens with one attached hydrogen (secondary N) is 1. The number of ether oxygens (including phenoxy) is 1. The Balaban J connectivity index is 2.08. The smallest absolute Gasteiger partial charge is 0.337 e. The van der Waals surface area contributed by atoms with E-state index in [0.29, 0.717) is 17.5 Å². The molecular formula is C14H19NO2. The molecule has 0 bridgehead atoms. The molecule has 0 aliphatic heterocycles. The van der Waals surface area contributed by atoms with Gasteiger partial charge >= 0.3 is 5.97 Å². The quantitative estimate of drug-likeness (QED) is 0.815. The van der Waals surface area contributed by atoms with Gasteiger partial charge in [0, 0.05) is 11.7 Å². The molecule has 0 saturated heterocycles. The second-order valence-corrected chi connectivity index (χ2v) is 4.73. The second kappa shape index (κ2) is 5.21. The van der Waals surface area contributed by atoms with E-state index in [1.165, 1.54) is 26.4 Å². The highest BCUT2D eigenvalue weighted by Crippen LogP contribution is 2.28. The number of esters is 1. The van der Waals surface area contributed by atoms with Crippen molar-refractivity contribution in [3.63, 3.8) is 0 Å². The van der Waals surface area contributed by atoms with Crippen molar-refractivity contribution in [1.82, 2.24) is 0 Å². The van der Waals surface area contributed by atoms with Crippen LogP contribution in [0.25, 0.3) is 0 Å². The summed E-state index contributed by atoms with van der Waals surface area (Å²) in [6, 6.07) is 8.04. The van der Waals surface area contributed by atoms with Crippen molar-refractivity contribution in [3.05, 3.63) is 29.8 Å². The maximum Gasteiger partial charge on any atom is 0.337 e. The van der Waals surface area contributed by atoms with Crippen LogP contribution in [-0.4, -0.2) is 19.1 Å². The number of benzene rings is 1. The molecule has 2 unspecified atom stereocenters. The third-order valence-electron chi connectivity index (χ3n) is 3.50. The number of methoxy groups -OCH3 is 1. The predicted molar refractivity (Wildman–Crippen MR) is 68.2 cm³/mol. The number of hydrogen-bond acceptors (Lipinski definition) is 3. The lowest BCUT2D eigenvalue weighted by Gasteiger charge is -2.18. The van der Waals surface area contributed by atoms with E-state index >= 15 is 0 Å². The Labute approximate surface area is 102 Å². The standard InChI is InChI=1S/C14H19NO2/c1-10-5-3-8-13(10)15-12-7-4-6-11(9-12)14(16)17-2/h4,6-7,9-10,13,15H,3,5,8H2,1-2H3. The minimum Gasteiger partial charge on any atom is -0.465 e. The van der Waals surface area contributed by atoms with Gasteiger partial charge in [0.15, 0.2) is 0 Å². The Morgan fingerprint density at radius 2 is 2.24 bits per heavy atom. The van der Waals surface area contributed by atoms with Crippen LogP contribution in [0.4, 0.5) is 5.69 Å². The first-order valence-corrected chi connectivity index (χ1v) is 6.15. The molecule has 17 heavy (non-hydrogen) atoms. The van der Waals surface area contributed by atoms with Gasteiger partial charge in [-0.05, 0) is 37.0 Å². The highest BCUT2D eigenvalue weighted by Gasteiger charge is 2.23. The van der Waals surface area contributed by atoms with Gasteiger partial charge in [-0.2, -0.15) is 0 Å². The summed E-state index contributed by atoms with van der Waals surface area (Å²) in [4.78, 5) is 11.4. The summed E-state index contributed by atoms with van der Waals surface area (Å²) >= 11 is 0. The molecular weight excluding hydrogens is 214 g/mol. The van der Waals surface area contributed by atoms with Crippen LogP contribution in [0.2, 0.25) is 0 Å². The zero-order chi connectivity index (χ0) is 12.3. The molecule has 1 aromatic carbocycles. The molecule has 0 spiro atoms. The van der Waals surface area contributed by atoms with Crippen LogP contribution in [0.3, 0.4) is 0 Å². The van der Waals surface area contributed by atoms with Gasteiger partial charge in [-0.15, -0.1) is 0 Å². The van der Waals surface area contributed by atoms with Crippen molar-refractivity contribution in [3.8, 4) is 0 Å². The highest BCUT2D eigenvalue weighted by molar-refractivity contribution is 5.90.